The predicted octanol–water partition coefficient (Wildman–Crippen LogP) is 4.30. The molecular weight excluding hydrogens is 471 g/mol. The van der Waals surface area contributed by atoms with Crippen molar-refractivity contribution in [3.8, 4) is 9.14 Å². The number of hydrogen-bond acceptors (Lipinski definition) is 0. The second kappa shape index (κ2) is 9.33. The Bertz CT molecular complexity index is 499. The monoisotopic (exact) mass is 500 g/mol. The summed E-state index contributed by atoms with van der Waals surface area (Å²) >= 11 is 0.0165. The van der Waals surface area contributed by atoms with Crippen LogP contribution in [0.3, 0.4) is 0 Å². The molecule has 2 rings (SSSR count). The van der Waals surface area contributed by atoms with Crippen LogP contribution in [0.5, 0.6) is 0 Å². The average Bonchev–Trinajstić information content (AvgIpc) is 2.89. The van der Waals surface area contributed by atoms with Gasteiger partial charge in [-0.3, -0.25) is 0 Å². The molecule has 0 atom stereocenters. The summed E-state index contributed by atoms with van der Waals surface area (Å²) in [6, 6.07) is 13.7. The van der Waals surface area contributed by atoms with Crippen molar-refractivity contribution in [1.29, 1.82) is 0 Å². The van der Waals surface area contributed by atoms with Crippen LogP contribution in [-0.2, 0) is 6.42 Å². The zero-order valence-corrected chi connectivity index (χ0v) is 17.2. The molecule has 20 heavy (non-hydrogen) atoms. The van der Waals surface area contributed by atoms with Crippen molar-refractivity contribution in [1.82, 2.24) is 0 Å². The fourth-order valence-corrected chi connectivity index (χ4v) is 11.1. The molecule has 2 heteroatoms. The van der Waals surface area contributed by atoms with Crippen molar-refractivity contribution < 1.29 is 0 Å². The summed E-state index contributed by atoms with van der Waals surface area (Å²) in [6.45, 7) is 4.63. The third kappa shape index (κ3) is 4.93. The fourth-order valence-electron chi connectivity index (χ4n) is 2.12. The van der Waals surface area contributed by atoms with E-state index in [1.807, 2.05) is 7.19 Å². The van der Waals surface area contributed by atoms with Gasteiger partial charge in [0.1, 0.15) is 0 Å². The number of unbranched alkanes of at least 4 members (excludes halogenated alkanes) is 2. The van der Waals surface area contributed by atoms with Gasteiger partial charge in [0.15, 0.2) is 0 Å². The van der Waals surface area contributed by atoms with E-state index < -0.39 is 0 Å². The molecule has 0 aliphatic heterocycles. The standard InChI is InChI=1S/C18H24Te2/c1-3-5-12-16-18(19-13-6-4-2)14-17(20-16)15-10-8-7-9-11-15/h7-11,14H,3-6,12-13H2,1-2H3. The normalized spacial score (nSPS) is 10.9. The molecule has 1 aromatic heterocycles. The first-order chi connectivity index (χ1) is 9.85. The molecular formula is C18H24Te2. The molecule has 0 bridgehead atoms. The Morgan fingerprint density at radius 3 is 2.45 bits per heavy atom. The molecule has 0 aliphatic carbocycles. The maximum atomic E-state index is 2.60. The Morgan fingerprint density at radius 1 is 1.00 bits per heavy atom. The van der Waals surface area contributed by atoms with Gasteiger partial charge in [0.2, 0.25) is 0 Å². The molecule has 0 unspecified atom stereocenters. The van der Waals surface area contributed by atoms with Gasteiger partial charge in [-0.25, -0.2) is 0 Å². The first-order valence-corrected chi connectivity index (χ1v) is 12.8. The molecule has 0 saturated carbocycles. The number of aryl methyl sites for hydroxylation is 1. The molecule has 0 saturated heterocycles. The van der Waals surface area contributed by atoms with E-state index in [2.05, 4.69) is 50.2 Å². The van der Waals surface area contributed by atoms with Crippen LogP contribution in [0.1, 0.15) is 43.1 Å². The first-order valence-electron chi connectivity index (χ1n) is 7.66. The Balaban J connectivity index is 2.17. The van der Waals surface area contributed by atoms with Crippen molar-refractivity contribution in [3.05, 3.63) is 40.0 Å². The average molecular weight is 496 g/mol. The van der Waals surface area contributed by atoms with Gasteiger partial charge in [-0.05, 0) is 0 Å². The van der Waals surface area contributed by atoms with E-state index in [-0.39, 0.29) is 41.4 Å². The van der Waals surface area contributed by atoms with Crippen LogP contribution in [0.4, 0.5) is 0 Å². The van der Waals surface area contributed by atoms with Crippen LogP contribution in [0, 0.1) is 0 Å². The molecule has 108 valence electrons. The van der Waals surface area contributed by atoms with Crippen molar-refractivity contribution >= 4 is 45.0 Å². The van der Waals surface area contributed by atoms with Crippen LogP contribution >= 0.6 is 0 Å². The Labute approximate surface area is 143 Å². The first kappa shape index (κ1) is 16.6. The van der Waals surface area contributed by atoms with Gasteiger partial charge in [-0.2, -0.15) is 0 Å². The molecule has 0 radical (unpaired) electrons. The zero-order chi connectivity index (χ0) is 14.2. The van der Waals surface area contributed by atoms with Gasteiger partial charge in [0, 0.05) is 0 Å². The summed E-state index contributed by atoms with van der Waals surface area (Å²) in [7, 11) is 0. The third-order valence-corrected chi connectivity index (χ3v) is 11.5. The van der Waals surface area contributed by atoms with E-state index in [0.717, 1.165) is 0 Å². The van der Waals surface area contributed by atoms with Gasteiger partial charge < -0.3 is 0 Å². The molecule has 1 heterocycles. The van der Waals surface area contributed by atoms with E-state index in [0.29, 0.717) is 0 Å². The van der Waals surface area contributed by atoms with E-state index >= 15 is 0 Å². The topological polar surface area (TPSA) is 0 Å². The van der Waals surface area contributed by atoms with Gasteiger partial charge in [-0.15, -0.1) is 0 Å². The molecule has 0 fully saturated rings. The van der Waals surface area contributed by atoms with Crippen LogP contribution in [0.2, 0.25) is 4.47 Å². The SMILES string of the molecule is CCCC[Te]c1cc(-c2ccccc2)[te]c1CCCC. The fraction of sp³-hybridized carbons (Fsp3) is 0.444. The van der Waals surface area contributed by atoms with Crippen molar-refractivity contribution in [2.45, 2.75) is 50.4 Å². The van der Waals surface area contributed by atoms with Crippen molar-refractivity contribution in [2.24, 2.45) is 0 Å². The van der Waals surface area contributed by atoms with Gasteiger partial charge >= 0.3 is 145 Å². The van der Waals surface area contributed by atoms with Crippen LogP contribution in [0.25, 0.3) is 9.14 Å². The summed E-state index contributed by atoms with van der Waals surface area (Å²) in [4.78, 5) is 0. The van der Waals surface area contributed by atoms with Gasteiger partial charge in [-0.1, -0.05) is 0 Å². The summed E-state index contributed by atoms with van der Waals surface area (Å²) < 4.78 is 6.92. The Kier molecular flexibility index (Phi) is 7.76. The molecule has 1 aromatic carbocycles. The molecule has 0 N–H and O–H groups in total. The second-order valence-electron chi connectivity index (χ2n) is 5.07. The minimum atomic E-state index is -0.0679. The molecule has 0 spiro atoms. The van der Waals surface area contributed by atoms with E-state index in [4.69, 9.17) is 0 Å². The molecule has 2 aromatic rings. The number of benzene rings is 1. The molecule has 0 aliphatic rings. The summed E-state index contributed by atoms with van der Waals surface area (Å²) in [5, 5.41) is 0. The predicted molar refractivity (Wildman–Crippen MR) is 92.5 cm³/mol. The Hall–Kier alpha value is 0.279. The summed E-state index contributed by atoms with van der Waals surface area (Å²) in [5.74, 6) is 0. The number of hydrogen-bond donors (Lipinski definition) is 0. The van der Waals surface area contributed by atoms with Gasteiger partial charge in [0.25, 0.3) is 0 Å². The van der Waals surface area contributed by atoms with Crippen molar-refractivity contribution in [2.75, 3.05) is 0 Å². The zero-order valence-electron chi connectivity index (χ0n) is 12.5. The third-order valence-electron chi connectivity index (χ3n) is 3.34. The van der Waals surface area contributed by atoms with E-state index in [1.54, 1.807) is 3.58 Å². The summed E-state index contributed by atoms with van der Waals surface area (Å²) in [5.41, 5.74) is 1.49. The van der Waals surface area contributed by atoms with Crippen LogP contribution in [0.15, 0.2) is 36.4 Å². The van der Waals surface area contributed by atoms with Crippen LogP contribution < -0.4 is 3.61 Å². The van der Waals surface area contributed by atoms with E-state index in [9.17, 15) is 0 Å². The van der Waals surface area contributed by atoms with Gasteiger partial charge in [0.05, 0.1) is 0 Å². The maximum absolute atomic E-state index is 2.60. The van der Waals surface area contributed by atoms with Crippen LogP contribution in [-0.4, -0.2) is 41.4 Å². The van der Waals surface area contributed by atoms with Crippen molar-refractivity contribution in [3.63, 3.8) is 0 Å². The Morgan fingerprint density at radius 2 is 1.75 bits per heavy atom. The molecule has 0 nitrogen and oxygen atoms in total. The van der Waals surface area contributed by atoms with E-state index in [1.165, 1.54) is 42.1 Å². The quantitative estimate of drug-likeness (QED) is 0.379. The second-order valence-corrected chi connectivity index (χ2v) is 11.6. The molecule has 0 amide bonds. The minimum absolute atomic E-state index is 0.0679. The number of rotatable bonds is 8. The summed E-state index contributed by atoms with van der Waals surface area (Å²) in [6.07, 6.45) is 6.90.